The zero-order valence-corrected chi connectivity index (χ0v) is 11.3. The summed E-state index contributed by atoms with van der Waals surface area (Å²) in [5.74, 6) is 3.20. The van der Waals surface area contributed by atoms with Crippen LogP contribution in [0.5, 0.6) is 0 Å². The van der Waals surface area contributed by atoms with Gasteiger partial charge in [-0.1, -0.05) is 23.2 Å². The Morgan fingerprint density at radius 1 is 1.33 bits per heavy atom. The molecule has 0 unspecified atom stereocenters. The van der Waals surface area contributed by atoms with Crippen molar-refractivity contribution in [1.29, 1.82) is 0 Å². The molecule has 0 N–H and O–H groups in total. The van der Waals surface area contributed by atoms with E-state index in [1.807, 2.05) is 20.8 Å². The highest BCUT2D eigenvalue weighted by Crippen LogP contribution is 2.56. The van der Waals surface area contributed by atoms with Crippen LogP contribution in [0.1, 0.15) is 20.8 Å². The lowest BCUT2D eigenvalue weighted by Gasteiger charge is -2.20. The number of allylic oxidation sites excluding steroid dienone is 3. The Balaban J connectivity index is 3.20. The molecular formula is C10H13Cl2O2P. The summed E-state index contributed by atoms with van der Waals surface area (Å²) in [7, 11) is -2.78. The van der Waals surface area contributed by atoms with Crippen molar-refractivity contribution in [2.75, 3.05) is 6.61 Å². The summed E-state index contributed by atoms with van der Waals surface area (Å²) >= 11 is 11.5. The molecule has 0 fully saturated rings. The van der Waals surface area contributed by atoms with Crippen molar-refractivity contribution in [2.45, 2.75) is 20.8 Å². The molecule has 0 aromatic heterocycles. The largest absolute Gasteiger partial charge is 0.323 e. The SMILES string of the molecule is CCOP1(=O)C=C(C)C(=C(Cl)Cl)C(C)=C1. The molecule has 0 atom stereocenters. The molecule has 1 heterocycles. The van der Waals surface area contributed by atoms with Crippen LogP contribution in [0.25, 0.3) is 0 Å². The molecule has 1 aliphatic rings. The smallest absolute Gasteiger partial charge is 0.247 e. The van der Waals surface area contributed by atoms with Crippen LogP contribution in [0.15, 0.2) is 32.8 Å². The summed E-state index contributed by atoms with van der Waals surface area (Å²) in [5.41, 5.74) is 2.34. The summed E-state index contributed by atoms with van der Waals surface area (Å²) in [6.07, 6.45) is 0. The van der Waals surface area contributed by atoms with Crippen LogP contribution in [0.4, 0.5) is 0 Å². The lowest BCUT2D eigenvalue weighted by Crippen LogP contribution is -1.97. The summed E-state index contributed by atoms with van der Waals surface area (Å²) < 4.78 is 17.6. The van der Waals surface area contributed by atoms with Gasteiger partial charge in [-0.25, -0.2) is 0 Å². The zero-order chi connectivity index (χ0) is 11.6. The van der Waals surface area contributed by atoms with Gasteiger partial charge in [-0.3, -0.25) is 4.57 Å². The van der Waals surface area contributed by atoms with Crippen LogP contribution in [0.3, 0.4) is 0 Å². The van der Waals surface area contributed by atoms with Gasteiger partial charge in [0.25, 0.3) is 0 Å². The predicted octanol–water partition coefficient (Wildman–Crippen LogP) is 4.81. The van der Waals surface area contributed by atoms with Crippen molar-refractivity contribution in [3.05, 3.63) is 32.8 Å². The Kier molecular flexibility index (Phi) is 4.25. The first-order chi connectivity index (χ1) is 6.89. The van der Waals surface area contributed by atoms with Crippen molar-refractivity contribution >= 4 is 30.6 Å². The van der Waals surface area contributed by atoms with Crippen molar-refractivity contribution in [2.24, 2.45) is 0 Å². The van der Waals surface area contributed by atoms with E-state index in [1.165, 1.54) is 0 Å². The molecule has 1 rings (SSSR count). The fourth-order valence-electron chi connectivity index (χ4n) is 1.59. The molecular weight excluding hydrogens is 254 g/mol. The third kappa shape index (κ3) is 2.98. The first-order valence-corrected chi connectivity index (χ1v) is 7.10. The zero-order valence-electron chi connectivity index (χ0n) is 8.88. The Morgan fingerprint density at radius 3 is 2.13 bits per heavy atom. The Bertz CT molecular complexity index is 378. The molecule has 5 heteroatoms. The number of rotatable bonds is 2. The molecule has 0 amide bonds. The molecule has 2 nitrogen and oxygen atoms in total. The average Bonchev–Trinajstić information content (AvgIpc) is 1.99. The quantitative estimate of drug-likeness (QED) is 0.671. The van der Waals surface area contributed by atoms with E-state index < -0.39 is 7.37 Å². The maximum absolute atomic E-state index is 12.1. The van der Waals surface area contributed by atoms with E-state index in [-0.39, 0.29) is 4.49 Å². The van der Waals surface area contributed by atoms with Crippen LogP contribution >= 0.6 is 30.6 Å². The molecule has 1 aliphatic heterocycles. The van der Waals surface area contributed by atoms with E-state index >= 15 is 0 Å². The highest BCUT2D eigenvalue weighted by Gasteiger charge is 2.25. The molecule has 0 saturated carbocycles. The van der Waals surface area contributed by atoms with Crippen molar-refractivity contribution in [3.63, 3.8) is 0 Å². The third-order valence-electron chi connectivity index (χ3n) is 2.06. The standard InChI is InChI=1S/C10H13Cl2O2P/c1-4-14-15(13)5-7(2)9(10(11)12)8(3)6-15/h5-6H,4H2,1-3H3. The van der Waals surface area contributed by atoms with Gasteiger partial charge in [-0.15, -0.1) is 0 Å². The van der Waals surface area contributed by atoms with Gasteiger partial charge < -0.3 is 4.52 Å². The van der Waals surface area contributed by atoms with E-state index in [4.69, 9.17) is 27.7 Å². The van der Waals surface area contributed by atoms with Crippen LogP contribution in [0, 0.1) is 0 Å². The Labute approximate surface area is 100 Å². The summed E-state index contributed by atoms with van der Waals surface area (Å²) in [4.78, 5) is 0. The van der Waals surface area contributed by atoms with Gasteiger partial charge in [0.15, 0.2) is 0 Å². The van der Waals surface area contributed by atoms with Gasteiger partial charge in [-0.2, -0.15) is 0 Å². The molecule has 0 bridgehead atoms. The van der Waals surface area contributed by atoms with Gasteiger partial charge >= 0.3 is 0 Å². The second-order valence-electron chi connectivity index (χ2n) is 3.32. The van der Waals surface area contributed by atoms with Gasteiger partial charge in [0.05, 0.1) is 6.61 Å². The van der Waals surface area contributed by atoms with Gasteiger partial charge in [0, 0.05) is 17.2 Å². The van der Waals surface area contributed by atoms with Crippen LogP contribution < -0.4 is 0 Å². The van der Waals surface area contributed by atoms with Crippen LogP contribution in [0.2, 0.25) is 0 Å². The van der Waals surface area contributed by atoms with E-state index in [0.717, 1.165) is 16.7 Å². The van der Waals surface area contributed by atoms with Gasteiger partial charge in [-0.05, 0) is 31.9 Å². The maximum atomic E-state index is 12.1. The molecule has 0 aromatic rings. The number of hydrogen-bond acceptors (Lipinski definition) is 2. The van der Waals surface area contributed by atoms with Crippen LogP contribution in [-0.2, 0) is 9.09 Å². The molecule has 84 valence electrons. The van der Waals surface area contributed by atoms with E-state index in [2.05, 4.69) is 0 Å². The molecule has 0 radical (unpaired) electrons. The Morgan fingerprint density at radius 2 is 1.80 bits per heavy atom. The summed E-state index contributed by atoms with van der Waals surface area (Å²) in [6.45, 7) is 5.87. The average molecular weight is 267 g/mol. The Hall–Kier alpha value is -0.0100. The second-order valence-corrected chi connectivity index (χ2v) is 6.34. The predicted molar refractivity (Wildman–Crippen MR) is 65.5 cm³/mol. The topological polar surface area (TPSA) is 26.3 Å². The van der Waals surface area contributed by atoms with Gasteiger partial charge in [0.1, 0.15) is 4.49 Å². The molecule has 0 saturated heterocycles. The third-order valence-corrected chi connectivity index (χ3v) is 4.59. The van der Waals surface area contributed by atoms with E-state index in [1.54, 1.807) is 11.6 Å². The van der Waals surface area contributed by atoms with Crippen molar-refractivity contribution in [1.82, 2.24) is 0 Å². The summed E-state index contributed by atoms with van der Waals surface area (Å²) in [6, 6.07) is 0. The minimum Gasteiger partial charge on any atom is -0.323 e. The number of halogens is 2. The highest BCUT2D eigenvalue weighted by atomic mass is 35.5. The molecule has 0 aliphatic carbocycles. The highest BCUT2D eigenvalue weighted by molar-refractivity contribution is 7.65. The second kappa shape index (κ2) is 4.88. The normalized spacial score (nSPS) is 26.1. The van der Waals surface area contributed by atoms with Crippen molar-refractivity contribution in [3.8, 4) is 0 Å². The van der Waals surface area contributed by atoms with Crippen molar-refractivity contribution < 1.29 is 9.09 Å². The minimum absolute atomic E-state index is 0.195. The lowest BCUT2D eigenvalue weighted by molar-refractivity contribution is 0.346. The maximum Gasteiger partial charge on any atom is 0.247 e. The van der Waals surface area contributed by atoms with Gasteiger partial charge in [0.2, 0.25) is 7.37 Å². The molecule has 15 heavy (non-hydrogen) atoms. The molecule has 0 spiro atoms. The molecule has 0 aromatic carbocycles. The summed E-state index contributed by atoms with van der Waals surface area (Å²) in [5, 5.41) is 0. The van der Waals surface area contributed by atoms with Crippen LogP contribution in [-0.4, -0.2) is 6.61 Å². The van der Waals surface area contributed by atoms with E-state index in [0.29, 0.717) is 6.61 Å². The monoisotopic (exact) mass is 266 g/mol. The fourth-order valence-corrected chi connectivity index (χ4v) is 4.15. The van der Waals surface area contributed by atoms with E-state index in [9.17, 15) is 4.57 Å². The first kappa shape index (κ1) is 13.1. The fraction of sp³-hybridized carbons (Fsp3) is 0.400. The lowest BCUT2D eigenvalue weighted by atomic mass is 10.1. The number of hydrogen-bond donors (Lipinski definition) is 0. The minimum atomic E-state index is -2.78. The first-order valence-electron chi connectivity index (χ1n) is 4.58.